The Balaban J connectivity index is 3.21. The van der Waals surface area contributed by atoms with Crippen LogP contribution in [0.15, 0.2) is 5.16 Å². The highest BCUT2D eigenvalue weighted by molar-refractivity contribution is 7.98. The molecule has 0 amide bonds. The predicted molar refractivity (Wildman–Crippen MR) is 48.6 cm³/mol. The Morgan fingerprint density at radius 1 is 1.18 bits per heavy atom. The third-order valence-electron chi connectivity index (χ3n) is 1.19. The quantitative estimate of drug-likeness (QED) is 0.404. The summed E-state index contributed by atoms with van der Waals surface area (Å²) in [6.07, 6.45) is 1.87. The number of nitrogens with zero attached hydrogens (tertiary/aromatic N) is 2. The van der Waals surface area contributed by atoms with Gasteiger partial charge < -0.3 is 0 Å². The molecule has 1 aromatic heterocycles. The highest BCUT2D eigenvalue weighted by atomic mass is 35.5. The fourth-order valence-electron chi connectivity index (χ4n) is 0.537. The topological polar surface area (TPSA) is 25.8 Å². The number of hydrogen-bond donors (Lipinski definition) is 0. The highest BCUT2D eigenvalue weighted by Gasteiger charge is 2.05. The minimum absolute atomic E-state index is 0.425. The number of rotatable bonds is 1. The number of hydrogen-bond acceptors (Lipinski definition) is 3. The molecule has 0 saturated heterocycles. The van der Waals surface area contributed by atoms with E-state index in [2.05, 4.69) is 9.97 Å². The van der Waals surface area contributed by atoms with Crippen LogP contribution in [-0.4, -0.2) is 16.2 Å². The summed E-state index contributed by atoms with van der Waals surface area (Å²) >= 11 is 12.9. The minimum Gasteiger partial charge on any atom is -0.210 e. The fraction of sp³-hybridized carbons (Fsp3) is 0.333. The summed E-state index contributed by atoms with van der Waals surface area (Å²) in [5.41, 5.74) is 0.728. The van der Waals surface area contributed by atoms with E-state index in [9.17, 15) is 0 Å². The van der Waals surface area contributed by atoms with E-state index in [0.29, 0.717) is 15.5 Å². The van der Waals surface area contributed by atoms with Crippen LogP contribution in [0.5, 0.6) is 0 Å². The molecule has 1 aromatic rings. The van der Waals surface area contributed by atoms with Gasteiger partial charge in [-0.2, -0.15) is 0 Å². The second-order valence-corrected chi connectivity index (χ2v) is 3.41. The molecule has 0 fully saturated rings. The average molecular weight is 209 g/mol. The molecule has 0 saturated carbocycles. The van der Waals surface area contributed by atoms with Crippen LogP contribution in [0.25, 0.3) is 0 Å². The third-order valence-corrected chi connectivity index (χ3v) is 2.47. The highest BCUT2D eigenvalue weighted by Crippen LogP contribution is 2.22. The molecule has 1 heterocycles. The molecule has 0 aliphatic rings. The van der Waals surface area contributed by atoms with E-state index >= 15 is 0 Å². The summed E-state index contributed by atoms with van der Waals surface area (Å²) < 4.78 is 0. The van der Waals surface area contributed by atoms with Crippen LogP contribution < -0.4 is 0 Å². The van der Waals surface area contributed by atoms with Crippen molar-refractivity contribution in [3.05, 3.63) is 15.9 Å². The van der Waals surface area contributed by atoms with E-state index in [0.717, 1.165) is 5.56 Å². The molecule has 1 rings (SSSR count). The van der Waals surface area contributed by atoms with Crippen molar-refractivity contribution in [3.63, 3.8) is 0 Å². The van der Waals surface area contributed by atoms with Crippen molar-refractivity contribution < 1.29 is 0 Å². The lowest BCUT2D eigenvalue weighted by molar-refractivity contribution is 0.954. The van der Waals surface area contributed by atoms with E-state index < -0.39 is 0 Å². The Bertz CT molecular complexity index is 254. The van der Waals surface area contributed by atoms with Crippen molar-refractivity contribution in [2.24, 2.45) is 0 Å². The molecule has 0 aliphatic carbocycles. The Labute approximate surface area is 79.3 Å². The molecular weight excluding hydrogens is 203 g/mol. The zero-order chi connectivity index (χ0) is 8.43. The maximum atomic E-state index is 5.75. The van der Waals surface area contributed by atoms with Crippen LogP contribution >= 0.6 is 35.0 Å². The van der Waals surface area contributed by atoms with Gasteiger partial charge in [0, 0.05) is 5.56 Å². The van der Waals surface area contributed by atoms with Crippen molar-refractivity contribution in [1.82, 2.24) is 9.97 Å². The van der Waals surface area contributed by atoms with E-state index in [4.69, 9.17) is 23.2 Å². The third kappa shape index (κ3) is 1.98. The molecule has 5 heteroatoms. The van der Waals surface area contributed by atoms with Gasteiger partial charge in [-0.15, -0.1) is 0 Å². The van der Waals surface area contributed by atoms with Gasteiger partial charge >= 0.3 is 0 Å². The molecule has 2 nitrogen and oxygen atoms in total. The van der Waals surface area contributed by atoms with Crippen LogP contribution in [-0.2, 0) is 0 Å². The summed E-state index contributed by atoms with van der Waals surface area (Å²) in [5.74, 6) is 0. The molecule has 0 bridgehead atoms. The average Bonchev–Trinajstić information content (AvgIpc) is 1.99. The molecule has 0 atom stereocenters. The van der Waals surface area contributed by atoms with Gasteiger partial charge in [0.1, 0.15) is 10.3 Å². The first-order valence-electron chi connectivity index (χ1n) is 2.88. The van der Waals surface area contributed by atoms with Crippen LogP contribution in [0.4, 0.5) is 0 Å². The van der Waals surface area contributed by atoms with Gasteiger partial charge in [-0.3, -0.25) is 0 Å². The normalized spacial score (nSPS) is 10.2. The Morgan fingerprint density at radius 2 is 1.64 bits per heavy atom. The molecule has 60 valence electrons. The SMILES string of the molecule is CSc1nc(Cl)c(C)c(Cl)n1. The zero-order valence-electron chi connectivity index (χ0n) is 6.06. The van der Waals surface area contributed by atoms with Gasteiger partial charge in [-0.25, -0.2) is 9.97 Å². The smallest absolute Gasteiger partial charge is 0.190 e. The molecule has 0 radical (unpaired) electrons. The lowest BCUT2D eigenvalue weighted by Gasteiger charge is -2.00. The van der Waals surface area contributed by atoms with Crippen molar-refractivity contribution in [2.75, 3.05) is 6.26 Å². The second kappa shape index (κ2) is 3.61. The van der Waals surface area contributed by atoms with Gasteiger partial charge in [-0.1, -0.05) is 35.0 Å². The molecule has 11 heavy (non-hydrogen) atoms. The maximum absolute atomic E-state index is 5.75. The summed E-state index contributed by atoms with van der Waals surface area (Å²) in [6.45, 7) is 1.79. The van der Waals surface area contributed by atoms with E-state index in [1.54, 1.807) is 6.92 Å². The van der Waals surface area contributed by atoms with Crippen LogP contribution in [0.2, 0.25) is 10.3 Å². The fourth-order valence-corrected chi connectivity index (χ4v) is 1.39. The van der Waals surface area contributed by atoms with Gasteiger partial charge in [-0.05, 0) is 13.2 Å². The molecular formula is C6H6Cl2N2S. The first-order chi connectivity index (χ1) is 5.15. The summed E-state index contributed by atoms with van der Waals surface area (Å²) in [7, 11) is 0. The maximum Gasteiger partial charge on any atom is 0.190 e. The lowest BCUT2D eigenvalue weighted by atomic mass is 10.4. The van der Waals surface area contributed by atoms with Crippen LogP contribution in [0.3, 0.4) is 0 Å². The zero-order valence-corrected chi connectivity index (χ0v) is 8.39. The van der Waals surface area contributed by atoms with Gasteiger partial charge in [0.05, 0.1) is 0 Å². The van der Waals surface area contributed by atoms with Crippen LogP contribution in [0.1, 0.15) is 5.56 Å². The molecule has 0 aromatic carbocycles. The Morgan fingerprint density at radius 3 is 2.00 bits per heavy atom. The summed E-state index contributed by atoms with van der Waals surface area (Å²) in [4.78, 5) is 7.97. The predicted octanol–water partition coefficient (Wildman–Crippen LogP) is 2.81. The monoisotopic (exact) mass is 208 g/mol. The molecule has 0 aliphatic heterocycles. The number of thioether (sulfide) groups is 1. The van der Waals surface area contributed by atoms with Crippen LogP contribution in [0, 0.1) is 6.92 Å². The summed E-state index contributed by atoms with van der Waals surface area (Å²) in [5, 5.41) is 1.45. The first kappa shape index (κ1) is 9.10. The molecule has 0 N–H and O–H groups in total. The van der Waals surface area contributed by atoms with E-state index in [1.807, 2.05) is 6.26 Å². The van der Waals surface area contributed by atoms with Crippen molar-refractivity contribution >= 4 is 35.0 Å². The van der Waals surface area contributed by atoms with Gasteiger partial charge in [0.15, 0.2) is 5.16 Å². The van der Waals surface area contributed by atoms with Crippen molar-refractivity contribution in [2.45, 2.75) is 12.1 Å². The number of aromatic nitrogens is 2. The standard InChI is InChI=1S/C6H6Cl2N2S/c1-3-4(7)9-6(11-2)10-5(3)8/h1-2H3. The largest absolute Gasteiger partial charge is 0.210 e. The minimum atomic E-state index is 0.425. The molecule has 0 unspecified atom stereocenters. The van der Waals surface area contributed by atoms with Crippen molar-refractivity contribution in [1.29, 1.82) is 0 Å². The summed E-state index contributed by atoms with van der Waals surface area (Å²) in [6, 6.07) is 0. The Kier molecular flexibility index (Phi) is 2.98. The van der Waals surface area contributed by atoms with Crippen molar-refractivity contribution in [3.8, 4) is 0 Å². The second-order valence-electron chi connectivity index (χ2n) is 1.92. The molecule has 0 spiro atoms. The lowest BCUT2D eigenvalue weighted by Crippen LogP contribution is -1.90. The van der Waals surface area contributed by atoms with E-state index in [-0.39, 0.29) is 0 Å². The first-order valence-corrected chi connectivity index (χ1v) is 4.87. The van der Waals surface area contributed by atoms with E-state index in [1.165, 1.54) is 11.8 Å². The van der Waals surface area contributed by atoms with Gasteiger partial charge in [0.2, 0.25) is 0 Å². The number of halogens is 2. The van der Waals surface area contributed by atoms with Gasteiger partial charge in [0.25, 0.3) is 0 Å². The Hall–Kier alpha value is 0.01000.